The van der Waals surface area contributed by atoms with Crippen molar-refractivity contribution in [2.75, 3.05) is 13.7 Å². The summed E-state index contributed by atoms with van der Waals surface area (Å²) in [6, 6.07) is 0. The van der Waals surface area contributed by atoms with E-state index in [0.717, 1.165) is 7.11 Å². The molecule has 6 heteroatoms. The molecule has 0 aromatic carbocycles. The van der Waals surface area contributed by atoms with E-state index in [4.69, 9.17) is 16.7 Å². The van der Waals surface area contributed by atoms with Crippen LogP contribution in [0.5, 0.6) is 0 Å². The minimum atomic E-state index is -1.34. The van der Waals surface area contributed by atoms with Crippen LogP contribution < -0.4 is 5.32 Å². The van der Waals surface area contributed by atoms with Crippen molar-refractivity contribution in [1.29, 1.82) is 0 Å². The first kappa shape index (κ1) is 12.2. The van der Waals surface area contributed by atoms with Crippen molar-refractivity contribution in [2.24, 2.45) is 0 Å². The molecule has 0 aliphatic rings. The minimum Gasteiger partial charge on any atom is -0.467 e. The monoisotopic (exact) mass is 209 g/mol. The summed E-state index contributed by atoms with van der Waals surface area (Å²) in [4.78, 5) is 21.5. The Kier molecular flexibility index (Phi) is 5.41. The van der Waals surface area contributed by atoms with Gasteiger partial charge in [0.1, 0.15) is 5.38 Å². The van der Waals surface area contributed by atoms with E-state index >= 15 is 0 Å². The van der Waals surface area contributed by atoms with Gasteiger partial charge in [0.2, 0.25) is 5.91 Å². The number of carbonyl (C=O) groups excluding carboxylic acids is 2. The van der Waals surface area contributed by atoms with Crippen molar-refractivity contribution >= 4 is 23.5 Å². The van der Waals surface area contributed by atoms with Crippen LogP contribution >= 0.6 is 11.6 Å². The highest BCUT2D eigenvalue weighted by Gasteiger charge is 2.17. The molecule has 0 spiro atoms. The zero-order valence-electron chi connectivity index (χ0n) is 7.41. The van der Waals surface area contributed by atoms with Gasteiger partial charge < -0.3 is 15.2 Å². The van der Waals surface area contributed by atoms with Gasteiger partial charge in [-0.1, -0.05) is 0 Å². The van der Waals surface area contributed by atoms with Crippen LogP contribution in [0.25, 0.3) is 0 Å². The highest BCUT2D eigenvalue weighted by Crippen LogP contribution is 1.92. The highest BCUT2D eigenvalue weighted by molar-refractivity contribution is 6.30. The zero-order chi connectivity index (χ0) is 10.4. The predicted octanol–water partition coefficient (Wildman–Crippen LogP) is -0.736. The molecule has 0 saturated heterocycles. The molecule has 2 unspecified atom stereocenters. The number of esters is 1. The van der Waals surface area contributed by atoms with Crippen LogP contribution in [0.3, 0.4) is 0 Å². The average Bonchev–Trinajstić information content (AvgIpc) is 2.11. The Balaban J connectivity index is 3.76. The van der Waals surface area contributed by atoms with Crippen molar-refractivity contribution in [3.05, 3.63) is 0 Å². The van der Waals surface area contributed by atoms with Crippen molar-refractivity contribution < 1.29 is 19.4 Å². The molecule has 0 aliphatic heterocycles. The van der Waals surface area contributed by atoms with Gasteiger partial charge in [0.05, 0.1) is 13.7 Å². The summed E-state index contributed by atoms with van der Waals surface area (Å²) in [7, 11) is 1.15. The number of nitrogens with one attached hydrogen (secondary N) is 1. The molecule has 0 aliphatic carbocycles. The summed E-state index contributed by atoms with van der Waals surface area (Å²) in [6.07, 6.45) is -1.34. The van der Waals surface area contributed by atoms with Crippen LogP contribution in [0.15, 0.2) is 0 Å². The van der Waals surface area contributed by atoms with E-state index < -0.39 is 23.4 Å². The number of methoxy groups -OCH3 is 1. The number of hydrogen-bond donors (Lipinski definition) is 2. The molecule has 2 N–H and O–H groups in total. The average molecular weight is 210 g/mol. The Labute approximate surface area is 81.0 Å². The zero-order valence-corrected chi connectivity index (χ0v) is 8.17. The Morgan fingerprint density at radius 3 is 2.54 bits per heavy atom. The van der Waals surface area contributed by atoms with Gasteiger partial charge in [0.15, 0.2) is 6.10 Å². The highest BCUT2D eigenvalue weighted by atomic mass is 35.5. The molecule has 0 aromatic heterocycles. The van der Waals surface area contributed by atoms with Gasteiger partial charge in [0.25, 0.3) is 0 Å². The van der Waals surface area contributed by atoms with Crippen LogP contribution in [0.2, 0.25) is 0 Å². The molecule has 1 amide bonds. The minimum absolute atomic E-state index is 0.192. The van der Waals surface area contributed by atoms with Crippen molar-refractivity contribution in [3.63, 3.8) is 0 Å². The van der Waals surface area contributed by atoms with Crippen molar-refractivity contribution in [1.82, 2.24) is 5.32 Å². The van der Waals surface area contributed by atoms with E-state index in [2.05, 4.69) is 10.1 Å². The van der Waals surface area contributed by atoms with Crippen molar-refractivity contribution in [3.8, 4) is 0 Å². The van der Waals surface area contributed by atoms with E-state index in [1.54, 1.807) is 0 Å². The number of rotatable bonds is 4. The smallest absolute Gasteiger partial charge is 0.336 e. The lowest BCUT2D eigenvalue weighted by atomic mass is 10.3. The van der Waals surface area contributed by atoms with Crippen LogP contribution in [-0.4, -0.2) is 42.1 Å². The molecular formula is C7H12ClNO4. The molecule has 76 valence electrons. The van der Waals surface area contributed by atoms with Crippen molar-refractivity contribution in [2.45, 2.75) is 18.4 Å². The number of amides is 1. The maximum atomic E-state index is 10.9. The molecule has 5 nitrogen and oxygen atoms in total. The first-order chi connectivity index (χ1) is 5.99. The topological polar surface area (TPSA) is 75.6 Å². The second-order valence-electron chi connectivity index (χ2n) is 2.40. The molecule has 0 saturated carbocycles. The fraction of sp³-hybridized carbons (Fsp3) is 0.714. The fourth-order valence-corrected chi connectivity index (χ4v) is 0.634. The van der Waals surface area contributed by atoms with Gasteiger partial charge in [-0.05, 0) is 6.92 Å². The summed E-state index contributed by atoms with van der Waals surface area (Å²) in [5.41, 5.74) is 0. The Hall–Kier alpha value is -0.810. The molecule has 0 heterocycles. The maximum absolute atomic E-state index is 10.9. The van der Waals surface area contributed by atoms with Crippen LogP contribution in [0, 0.1) is 0 Å². The van der Waals surface area contributed by atoms with Gasteiger partial charge in [-0.2, -0.15) is 0 Å². The predicted molar refractivity (Wildman–Crippen MR) is 46.3 cm³/mol. The molecule has 2 atom stereocenters. The first-order valence-electron chi connectivity index (χ1n) is 3.66. The van der Waals surface area contributed by atoms with Crippen LogP contribution in [0.1, 0.15) is 6.92 Å². The van der Waals surface area contributed by atoms with Gasteiger partial charge in [0, 0.05) is 0 Å². The van der Waals surface area contributed by atoms with E-state index in [9.17, 15) is 9.59 Å². The SMILES string of the molecule is COC(=O)C(O)CNC(=O)C(C)Cl. The summed E-state index contributed by atoms with van der Waals surface area (Å²) < 4.78 is 4.23. The lowest BCUT2D eigenvalue weighted by Gasteiger charge is -2.10. The summed E-state index contributed by atoms with van der Waals surface area (Å²) >= 11 is 5.42. The third kappa shape index (κ3) is 4.69. The molecule has 0 aromatic rings. The molecule has 0 bridgehead atoms. The second-order valence-corrected chi connectivity index (χ2v) is 3.05. The van der Waals surface area contributed by atoms with E-state index in [-0.39, 0.29) is 6.54 Å². The Bertz CT molecular complexity index is 195. The fourth-order valence-electron chi connectivity index (χ4n) is 0.557. The molecule has 0 rings (SSSR count). The maximum Gasteiger partial charge on any atom is 0.336 e. The third-order valence-electron chi connectivity index (χ3n) is 1.30. The largest absolute Gasteiger partial charge is 0.467 e. The quantitative estimate of drug-likeness (QED) is 0.473. The van der Waals surface area contributed by atoms with E-state index in [1.807, 2.05) is 0 Å². The van der Waals surface area contributed by atoms with Gasteiger partial charge >= 0.3 is 5.97 Å². The van der Waals surface area contributed by atoms with E-state index in [0.29, 0.717) is 0 Å². The standard InChI is InChI=1S/C7H12ClNO4/c1-4(8)6(11)9-3-5(10)7(12)13-2/h4-5,10H,3H2,1-2H3,(H,9,11). The first-order valence-corrected chi connectivity index (χ1v) is 4.10. The second kappa shape index (κ2) is 5.77. The Morgan fingerprint density at radius 1 is 1.62 bits per heavy atom. The number of halogens is 1. The van der Waals surface area contributed by atoms with Crippen LogP contribution in [0.4, 0.5) is 0 Å². The summed E-state index contributed by atoms with van der Waals surface area (Å²) in [5, 5.41) is 10.6. The van der Waals surface area contributed by atoms with Gasteiger partial charge in [-0.25, -0.2) is 4.79 Å². The van der Waals surface area contributed by atoms with E-state index in [1.165, 1.54) is 6.92 Å². The number of carbonyl (C=O) groups is 2. The number of aliphatic hydroxyl groups excluding tert-OH is 1. The number of aliphatic hydroxyl groups is 1. The molecule has 0 fully saturated rings. The summed E-state index contributed by atoms with van der Waals surface area (Å²) in [5.74, 6) is -1.23. The summed E-state index contributed by atoms with van der Waals surface area (Å²) in [6.45, 7) is 1.30. The van der Waals surface area contributed by atoms with Crippen LogP contribution in [-0.2, 0) is 14.3 Å². The molecular weight excluding hydrogens is 198 g/mol. The molecule has 0 radical (unpaired) electrons. The number of ether oxygens (including phenoxy) is 1. The van der Waals surface area contributed by atoms with Gasteiger partial charge in [-0.3, -0.25) is 4.79 Å². The molecule has 13 heavy (non-hydrogen) atoms. The third-order valence-corrected chi connectivity index (χ3v) is 1.50. The lowest BCUT2D eigenvalue weighted by Crippen LogP contribution is -2.39. The number of hydrogen-bond acceptors (Lipinski definition) is 4. The normalized spacial score (nSPS) is 14.5. The lowest BCUT2D eigenvalue weighted by molar-refractivity contribution is -0.150. The number of alkyl halides is 1. The Morgan fingerprint density at radius 2 is 2.15 bits per heavy atom. The van der Waals surface area contributed by atoms with Gasteiger partial charge in [-0.15, -0.1) is 11.6 Å².